The second-order valence-corrected chi connectivity index (χ2v) is 8.71. The number of nitrogens with one attached hydrogen (secondary N) is 1. The molecule has 0 atom stereocenters. The van der Waals surface area contributed by atoms with Crippen LogP contribution in [-0.4, -0.2) is 44.1 Å². The number of allylic oxidation sites excluding steroid dienone is 1. The number of carbonyl (C=O) groups excluding carboxylic acids is 2. The third kappa shape index (κ3) is 5.00. The molecule has 0 saturated heterocycles. The monoisotopic (exact) mass is 445 g/mol. The van der Waals surface area contributed by atoms with Crippen molar-refractivity contribution in [2.75, 3.05) is 18.2 Å². The van der Waals surface area contributed by atoms with Crippen LogP contribution >= 0.6 is 23.1 Å². The van der Waals surface area contributed by atoms with Crippen LogP contribution in [0.5, 0.6) is 0 Å². The molecule has 0 aliphatic heterocycles. The first-order chi connectivity index (χ1) is 14.4. The molecular formula is C20H23N5O3S2. The third-order valence-electron chi connectivity index (χ3n) is 4.34. The lowest BCUT2D eigenvalue weighted by atomic mass is 10.3. The van der Waals surface area contributed by atoms with Gasteiger partial charge in [0, 0.05) is 36.8 Å². The lowest BCUT2D eigenvalue weighted by molar-refractivity contribution is -0.113. The Morgan fingerprint density at radius 1 is 1.40 bits per heavy atom. The SMILES string of the molecule is C=CCn1c(Cc2cccn2C)nnc1SCC(=O)Nc1sc(C)cc1C(=O)OC. The van der Waals surface area contributed by atoms with Crippen molar-refractivity contribution < 1.29 is 14.3 Å². The Bertz CT molecular complexity index is 1070. The number of methoxy groups -OCH3 is 1. The summed E-state index contributed by atoms with van der Waals surface area (Å²) in [6.45, 7) is 6.23. The number of amides is 1. The lowest BCUT2D eigenvalue weighted by Gasteiger charge is -2.09. The minimum Gasteiger partial charge on any atom is -0.465 e. The second kappa shape index (κ2) is 9.77. The number of carbonyl (C=O) groups is 2. The minimum atomic E-state index is -0.474. The van der Waals surface area contributed by atoms with E-state index in [-0.39, 0.29) is 11.7 Å². The van der Waals surface area contributed by atoms with Gasteiger partial charge >= 0.3 is 5.97 Å². The Morgan fingerprint density at radius 2 is 2.20 bits per heavy atom. The van der Waals surface area contributed by atoms with Crippen LogP contribution in [0.3, 0.4) is 0 Å². The van der Waals surface area contributed by atoms with E-state index in [0.717, 1.165) is 16.4 Å². The number of esters is 1. The zero-order chi connectivity index (χ0) is 21.7. The maximum atomic E-state index is 12.5. The van der Waals surface area contributed by atoms with Crippen LogP contribution in [0, 0.1) is 6.92 Å². The summed E-state index contributed by atoms with van der Waals surface area (Å²) < 4.78 is 8.76. The van der Waals surface area contributed by atoms with E-state index in [0.29, 0.717) is 28.7 Å². The summed E-state index contributed by atoms with van der Waals surface area (Å²) in [6.07, 6.45) is 4.39. The van der Waals surface area contributed by atoms with E-state index in [1.807, 2.05) is 41.4 Å². The highest BCUT2D eigenvalue weighted by Gasteiger charge is 2.19. The van der Waals surface area contributed by atoms with Gasteiger partial charge < -0.3 is 19.2 Å². The summed E-state index contributed by atoms with van der Waals surface area (Å²) in [7, 11) is 3.30. The fourth-order valence-electron chi connectivity index (χ4n) is 2.87. The van der Waals surface area contributed by atoms with Crippen LogP contribution in [0.4, 0.5) is 5.00 Å². The molecule has 1 amide bonds. The topological polar surface area (TPSA) is 91.0 Å². The fourth-order valence-corrected chi connectivity index (χ4v) is 4.56. The predicted molar refractivity (Wildman–Crippen MR) is 118 cm³/mol. The number of ether oxygens (including phenoxy) is 1. The Morgan fingerprint density at radius 3 is 2.87 bits per heavy atom. The van der Waals surface area contributed by atoms with Gasteiger partial charge in [-0.2, -0.15) is 0 Å². The van der Waals surface area contributed by atoms with Crippen molar-refractivity contribution in [1.29, 1.82) is 0 Å². The summed E-state index contributed by atoms with van der Waals surface area (Å²) in [5, 5.41) is 12.5. The molecule has 0 saturated carbocycles. The molecule has 3 aromatic rings. The van der Waals surface area contributed by atoms with Gasteiger partial charge in [-0.05, 0) is 25.1 Å². The number of aryl methyl sites for hydroxylation is 2. The zero-order valence-corrected chi connectivity index (χ0v) is 18.7. The van der Waals surface area contributed by atoms with Crippen molar-refractivity contribution in [3.05, 3.63) is 59.0 Å². The molecule has 0 bridgehead atoms. The molecule has 3 aromatic heterocycles. The van der Waals surface area contributed by atoms with Gasteiger partial charge in [0.15, 0.2) is 5.16 Å². The molecule has 8 nitrogen and oxygen atoms in total. The molecule has 0 aliphatic rings. The summed E-state index contributed by atoms with van der Waals surface area (Å²) in [6, 6.07) is 5.73. The zero-order valence-electron chi connectivity index (χ0n) is 17.0. The average molecular weight is 446 g/mol. The number of hydrogen-bond donors (Lipinski definition) is 1. The van der Waals surface area contributed by atoms with Gasteiger partial charge in [0.05, 0.1) is 18.4 Å². The molecule has 0 aliphatic carbocycles. The molecule has 0 fully saturated rings. The normalized spacial score (nSPS) is 10.8. The van der Waals surface area contributed by atoms with Crippen molar-refractivity contribution in [3.63, 3.8) is 0 Å². The number of thioether (sulfide) groups is 1. The van der Waals surface area contributed by atoms with Crippen LogP contribution in [0.25, 0.3) is 0 Å². The standard InChI is InChI=1S/C20H23N5O3S2/c1-5-8-25-16(11-14-7-6-9-24(14)3)22-23-20(25)29-12-17(26)21-18-15(19(27)28-4)10-13(2)30-18/h5-7,9-10H,1,8,11-12H2,2-4H3,(H,21,26). The van der Waals surface area contributed by atoms with E-state index in [9.17, 15) is 9.59 Å². The molecule has 0 spiro atoms. The van der Waals surface area contributed by atoms with Gasteiger partial charge in [0.2, 0.25) is 5.91 Å². The summed E-state index contributed by atoms with van der Waals surface area (Å²) in [5.74, 6) is 0.237. The molecule has 158 valence electrons. The van der Waals surface area contributed by atoms with Crippen molar-refractivity contribution in [3.8, 4) is 0 Å². The Labute approximate surface area is 183 Å². The predicted octanol–water partition coefficient (Wildman–Crippen LogP) is 3.28. The van der Waals surface area contributed by atoms with Crippen LogP contribution < -0.4 is 5.32 Å². The minimum absolute atomic E-state index is 0.136. The molecular weight excluding hydrogens is 422 g/mol. The first kappa shape index (κ1) is 21.8. The smallest absolute Gasteiger partial charge is 0.340 e. The largest absolute Gasteiger partial charge is 0.465 e. The van der Waals surface area contributed by atoms with Gasteiger partial charge in [-0.1, -0.05) is 17.8 Å². The highest BCUT2D eigenvalue weighted by atomic mass is 32.2. The first-order valence-electron chi connectivity index (χ1n) is 9.17. The van der Waals surface area contributed by atoms with Gasteiger partial charge in [-0.3, -0.25) is 4.79 Å². The number of aromatic nitrogens is 4. The molecule has 30 heavy (non-hydrogen) atoms. The Hall–Kier alpha value is -2.85. The summed E-state index contributed by atoms with van der Waals surface area (Å²) >= 11 is 2.63. The number of rotatable bonds is 9. The van der Waals surface area contributed by atoms with E-state index >= 15 is 0 Å². The maximum Gasteiger partial charge on any atom is 0.340 e. The van der Waals surface area contributed by atoms with Gasteiger partial charge in [-0.15, -0.1) is 28.1 Å². The molecule has 10 heteroatoms. The van der Waals surface area contributed by atoms with Gasteiger partial charge in [-0.25, -0.2) is 4.79 Å². The lowest BCUT2D eigenvalue weighted by Crippen LogP contribution is -2.16. The van der Waals surface area contributed by atoms with Crippen molar-refractivity contribution >= 4 is 40.0 Å². The van der Waals surface area contributed by atoms with Gasteiger partial charge in [0.1, 0.15) is 10.8 Å². The second-order valence-electron chi connectivity index (χ2n) is 6.51. The van der Waals surface area contributed by atoms with E-state index in [1.54, 1.807) is 12.1 Å². The molecule has 0 radical (unpaired) electrons. The summed E-state index contributed by atoms with van der Waals surface area (Å²) in [4.78, 5) is 25.3. The van der Waals surface area contributed by atoms with Crippen molar-refractivity contribution in [1.82, 2.24) is 19.3 Å². The highest BCUT2D eigenvalue weighted by molar-refractivity contribution is 7.99. The Kier molecular flexibility index (Phi) is 7.11. The molecule has 3 rings (SSSR count). The summed E-state index contributed by atoms with van der Waals surface area (Å²) in [5.41, 5.74) is 1.48. The molecule has 1 N–H and O–H groups in total. The quantitative estimate of drug-likeness (QED) is 0.309. The fraction of sp³-hybridized carbons (Fsp3) is 0.300. The van der Waals surface area contributed by atoms with E-state index in [2.05, 4.69) is 22.1 Å². The molecule has 3 heterocycles. The number of anilines is 1. The molecule has 0 unspecified atom stereocenters. The van der Waals surface area contributed by atoms with Crippen LogP contribution in [-0.2, 0) is 29.5 Å². The van der Waals surface area contributed by atoms with E-state index in [4.69, 9.17) is 4.74 Å². The average Bonchev–Trinajstić information content (AvgIpc) is 3.40. The number of nitrogens with zero attached hydrogens (tertiary/aromatic N) is 4. The maximum absolute atomic E-state index is 12.5. The van der Waals surface area contributed by atoms with E-state index < -0.39 is 5.97 Å². The third-order valence-corrected chi connectivity index (χ3v) is 6.27. The van der Waals surface area contributed by atoms with Crippen LogP contribution in [0.1, 0.15) is 26.8 Å². The van der Waals surface area contributed by atoms with Crippen molar-refractivity contribution in [2.45, 2.75) is 25.0 Å². The highest BCUT2D eigenvalue weighted by Crippen LogP contribution is 2.28. The Balaban J connectivity index is 1.68. The van der Waals surface area contributed by atoms with Crippen molar-refractivity contribution in [2.24, 2.45) is 7.05 Å². The number of thiophene rings is 1. The van der Waals surface area contributed by atoms with Crippen LogP contribution in [0.2, 0.25) is 0 Å². The van der Waals surface area contributed by atoms with Crippen LogP contribution in [0.15, 0.2) is 42.2 Å². The first-order valence-corrected chi connectivity index (χ1v) is 11.0. The van der Waals surface area contributed by atoms with E-state index in [1.165, 1.54) is 30.2 Å². The van der Waals surface area contributed by atoms with Gasteiger partial charge in [0.25, 0.3) is 0 Å². The number of hydrogen-bond acceptors (Lipinski definition) is 7. The molecule has 0 aromatic carbocycles.